The van der Waals surface area contributed by atoms with E-state index in [9.17, 15) is 13.2 Å². The van der Waals surface area contributed by atoms with E-state index in [2.05, 4.69) is 10.00 Å². The summed E-state index contributed by atoms with van der Waals surface area (Å²) in [5, 5.41) is 12.5. The molecular formula is C12H20N4O4S. The van der Waals surface area contributed by atoms with Crippen LogP contribution < -0.4 is 0 Å². The third-order valence-corrected chi connectivity index (χ3v) is 5.55. The van der Waals surface area contributed by atoms with Gasteiger partial charge in [-0.1, -0.05) is 0 Å². The lowest BCUT2D eigenvalue weighted by molar-refractivity contribution is -0.137. The molecule has 8 nitrogen and oxygen atoms in total. The Morgan fingerprint density at radius 1 is 1.43 bits per heavy atom. The van der Waals surface area contributed by atoms with Crippen LogP contribution in [0.1, 0.15) is 12.8 Å². The average molecular weight is 316 g/mol. The summed E-state index contributed by atoms with van der Waals surface area (Å²) in [7, 11) is 0.394. The number of carboxylic acids is 1. The molecule has 0 amide bonds. The summed E-state index contributed by atoms with van der Waals surface area (Å²) in [5.74, 6) is -1.06. The topological polar surface area (TPSA) is 95.7 Å². The minimum atomic E-state index is -3.59. The molecule has 0 aromatic carbocycles. The van der Waals surface area contributed by atoms with Gasteiger partial charge in [0.15, 0.2) is 0 Å². The maximum atomic E-state index is 12.5. The monoisotopic (exact) mass is 316 g/mol. The van der Waals surface area contributed by atoms with Crippen LogP contribution in [0.5, 0.6) is 0 Å². The predicted molar refractivity (Wildman–Crippen MR) is 75.3 cm³/mol. The highest BCUT2D eigenvalue weighted by Crippen LogP contribution is 2.21. The molecule has 1 N–H and O–H groups in total. The fraction of sp³-hybridized carbons (Fsp3) is 0.667. The zero-order valence-electron chi connectivity index (χ0n) is 12.1. The molecule has 118 valence electrons. The van der Waals surface area contributed by atoms with Crippen LogP contribution in [-0.4, -0.2) is 71.7 Å². The number of sulfonamides is 1. The van der Waals surface area contributed by atoms with Gasteiger partial charge in [0, 0.05) is 25.3 Å². The number of carbonyl (C=O) groups is 1. The zero-order valence-corrected chi connectivity index (χ0v) is 13.0. The number of nitrogens with zero attached hydrogens (tertiary/aromatic N) is 4. The molecule has 1 fully saturated rings. The first-order valence-electron chi connectivity index (χ1n) is 6.71. The molecule has 0 unspecified atom stereocenters. The van der Waals surface area contributed by atoms with Gasteiger partial charge in [-0.2, -0.15) is 9.40 Å². The first kappa shape index (κ1) is 15.9. The molecule has 1 aromatic rings. The molecule has 21 heavy (non-hydrogen) atoms. The van der Waals surface area contributed by atoms with E-state index in [1.165, 1.54) is 16.7 Å². The molecule has 1 aromatic heterocycles. The van der Waals surface area contributed by atoms with Crippen LogP contribution in [-0.2, 0) is 21.4 Å². The molecule has 1 saturated heterocycles. The predicted octanol–water partition coefficient (Wildman–Crippen LogP) is -0.318. The van der Waals surface area contributed by atoms with Gasteiger partial charge in [0.25, 0.3) is 0 Å². The van der Waals surface area contributed by atoms with Crippen molar-refractivity contribution in [2.75, 3.05) is 27.2 Å². The van der Waals surface area contributed by atoms with Crippen LogP contribution >= 0.6 is 0 Å². The quantitative estimate of drug-likeness (QED) is 0.800. The summed E-state index contributed by atoms with van der Waals surface area (Å²) >= 11 is 0. The summed E-state index contributed by atoms with van der Waals surface area (Å²) in [5.41, 5.74) is 0. The Balaban J connectivity index is 2.08. The highest BCUT2D eigenvalue weighted by atomic mass is 32.2. The first-order chi connectivity index (χ1) is 9.80. The molecule has 0 atom stereocenters. The number of aromatic nitrogens is 2. The van der Waals surface area contributed by atoms with Crippen molar-refractivity contribution in [3.63, 3.8) is 0 Å². The SMILES string of the molecule is CN(C)C1CCN(S(=O)(=O)c2cnn(CC(=O)O)c2)CC1. The Bertz CT molecular complexity index is 603. The number of carboxylic acid groups (broad SMARTS) is 1. The lowest BCUT2D eigenvalue weighted by Crippen LogP contribution is -2.44. The number of aliphatic carboxylic acids is 1. The Kier molecular flexibility index (Phi) is 4.64. The number of hydrogen-bond donors (Lipinski definition) is 1. The van der Waals surface area contributed by atoms with E-state index >= 15 is 0 Å². The average Bonchev–Trinajstić information content (AvgIpc) is 2.87. The van der Waals surface area contributed by atoms with Crippen LogP contribution in [0.4, 0.5) is 0 Å². The standard InChI is InChI=1S/C12H20N4O4S/c1-14(2)10-3-5-16(6-4-10)21(19,20)11-7-13-15(8-11)9-12(17)18/h7-8,10H,3-6,9H2,1-2H3,(H,17,18). The Morgan fingerprint density at radius 2 is 2.05 bits per heavy atom. The molecule has 9 heteroatoms. The Morgan fingerprint density at radius 3 is 2.57 bits per heavy atom. The van der Waals surface area contributed by atoms with E-state index in [-0.39, 0.29) is 11.4 Å². The highest BCUT2D eigenvalue weighted by molar-refractivity contribution is 7.89. The second kappa shape index (κ2) is 6.12. The van der Waals surface area contributed by atoms with E-state index < -0.39 is 16.0 Å². The van der Waals surface area contributed by atoms with Gasteiger partial charge < -0.3 is 10.0 Å². The lowest BCUT2D eigenvalue weighted by Gasteiger charge is -2.34. The van der Waals surface area contributed by atoms with E-state index in [4.69, 9.17) is 5.11 Å². The van der Waals surface area contributed by atoms with Crippen LogP contribution in [0.3, 0.4) is 0 Å². The fourth-order valence-corrected chi connectivity index (χ4v) is 3.88. The van der Waals surface area contributed by atoms with Crippen molar-refractivity contribution in [3.05, 3.63) is 12.4 Å². The molecule has 2 heterocycles. The minimum absolute atomic E-state index is 0.0482. The van der Waals surface area contributed by atoms with E-state index in [1.807, 2.05) is 14.1 Å². The second-order valence-electron chi connectivity index (χ2n) is 5.37. The molecule has 0 spiro atoms. The van der Waals surface area contributed by atoms with Crippen molar-refractivity contribution in [1.82, 2.24) is 19.0 Å². The summed E-state index contributed by atoms with van der Waals surface area (Å²) in [4.78, 5) is 12.8. The maximum absolute atomic E-state index is 12.5. The molecule has 0 bridgehead atoms. The van der Waals surface area contributed by atoms with Gasteiger partial charge in [0.2, 0.25) is 10.0 Å². The third-order valence-electron chi connectivity index (χ3n) is 3.70. The summed E-state index contributed by atoms with van der Waals surface area (Å²) in [6.07, 6.45) is 4.04. The van der Waals surface area contributed by atoms with Crippen molar-refractivity contribution in [2.24, 2.45) is 0 Å². The van der Waals surface area contributed by atoms with Gasteiger partial charge in [-0.05, 0) is 26.9 Å². The van der Waals surface area contributed by atoms with E-state index in [0.717, 1.165) is 17.5 Å². The van der Waals surface area contributed by atoms with Gasteiger partial charge in [0.1, 0.15) is 11.4 Å². The molecule has 2 rings (SSSR count). The van der Waals surface area contributed by atoms with Crippen molar-refractivity contribution < 1.29 is 18.3 Å². The van der Waals surface area contributed by atoms with Crippen molar-refractivity contribution in [3.8, 4) is 0 Å². The van der Waals surface area contributed by atoms with Gasteiger partial charge >= 0.3 is 5.97 Å². The fourth-order valence-electron chi connectivity index (χ4n) is 2.45. The first-order valence-corrected chi connectivity index (χ1v) is 8.15. The van der Waals surface area contributed by atoms with Gasteiger partial charge in [0.05, 0.1) is 6.20 Å². The molecule has 0 saturated carbocycles. The second-order valence-corrected chi connectivity index (χ2v) is 7.30. The number of rotatable bonds is 5. The molecule has 1 aliphatic rings. The van der Waals surface area contributed by atoms with Crippen LogP contribution in [0.25, 0.3) is 0 Å². The molecule has 0 aliphatic carbocycles. The van der Waals surface area contributed by atoms with E-state index in [0.29, 0.717) is 19.1 Å². The third kappa shape index (κ3) is 3.60. The van der Waals surface area contributed by atoms with Crippen molar-refractivity contribution in [1.29, 1.82) is 0 Å². The van der Waals surface area contributed by atoms with Gasteiger partial charge in [-0.25, -0.2) is 8.42 Å². The van der Waals surface area contributed by atoms with Gasteiger partial charge in [-0.3, -0.25) is 9.48 Å². The normalized spacial score (nSPS) is 18.2. The summed E-state index contributed by atoms with van der Waals surface area (Å²) in [6.45, 7) is 0.586. The summed E-state index contributed by atoms with van der Waals surface area (Å²) in [6, 6.07) is 0.395. The van der Waals surface area contributed by atoms with Crippen LogP contribution in [0, 0.1) is 0 Å². The van der Waals surface area contributed by atoms with Crippen LogP contribution in [0.15, 0.2) is 17.3 Å². The molecule has 1 aliphatic heterocycles. The van der Waals surface area contributed by atoms with Crippen LogP contribution in [0.2, 0.25) is 0 Å². The number of piperidine rings is 1. The molecular weight excluding hydrogens is 296 g/mol. The minimum Gasteiger partial charge on any atom is -0.480 e. The summed E-state index contributed by atoms with van der Waals surface area (Å²) < 4.78 is 27.5. The smallest absolute Gasteiger partial charge is 0.325 e. The largest absolute Gasteiger partial charge is 0.480 e. The van der Waals surface area contributed by atoms with Gasteiger partial charge in [-0.15, -0.1) is 0 Å². The Hall–Kier alpha value is -1.45. The van der Waals surface area contributed by atoms with Crippen molar-refractivity contribution in [2.45, 2.75) is 30.3 Å². The van der Waals surface area contributed by atoms with Crippen molar-refractivity contribution >= 4 is 16.0 Å². The molecule has 0 radical (unpaired) electrons. The maximum Gasteiger partial charge on any atom is 0.325 e. The zero-order chi connectivity index (χ0) is 15.6. The lowest BCUT2D eigenvalue weighted by atomic mass is 10.1. The number of hydrogen-bond acceptors (Lipinski definition) is 5. The Labute approximate surface area is 124 Å². The van der Waals surface area contributed by atoms with E-state index in [1.54, 1.807) is 0 Å². The highest BCUT2D eigenvalue weighted by Gasteiger charge is 2.30.